The van der Waals surface area contributed by atoms with Crippen LogP contribution in [0.15, 0.2) is 24.3 Å². The molecular formula is C15H21ClN2O3. The number of amides is 1. The molecule has 0 aromatic heterocycles. The summed E-state index contributed by atoms with van der Waals surface area (Å²) >= 11 is 5.79. The highest BCUT2D eigenvalue weighted by Gasteiger charge is 2.10. The quantitative estimate of drug-likeness (QED) is 0.830. The van der Waals surface area contributed by atoms with E-state index in [1.807, 2.05) is 0 Å². The van der Waals surface area contributed by atoms with Crippen molar-refractivity contribution in [3.8, 4) is 5.75 Å². The molecule has 0 unspecified atom stereocenters. The molecule has 0 saturated carbocycles. The van der Waals surface area contributed by atoms with Crippen LogP contribution in [0.1, 0.15) is 6.42 Å². The van der Waals surface area contributed by atoms with E-state index < -0.39 is 0 Å². The largest absolute Gasteiger partial charge is 0.493 e. The van der Waals surface area contributed by atoms with E-state index >= 15 is 0 Å². The molecule has 116 valence electrons. The summed E-state index contributed by atoms with van der Waals surface area (Å²) in [4.78, 5) is 14.0. The van der Waals surface area contributed by atoms with Crippen molar-refractivity contribution in [1.29, 1.82) is 0 Å². The lowest BCUT2D eigenvalue weighted by atomic mass is 10.3. The third-order valence-corrected chi connectivity index (χ3v) is 3.52. The molecule has 0 spiro atoms. The molecule has 0 bridgehead atoms. The fraction of sp³-hybridized carbons (Fsp3) is 0.533. The zero-order valence-electron chi connectivity index (χ0n) is 12.0. The van der Waals surface area contributed by atoms with Gasteiger partial charge in [0.15, 0.2) is 0 Å². The van der Waals surface area contributed by atoms with Crippen LogP contribution in [0.3, 0.4) is 0 Å². The maximum Gasteiger partial charge on any atom is 0.223 e. The lowest BCUT2D eigenvalue weighted by Crippen LogP contribution is -2.41. The topological polar surface area (TPSA) is 50.8 Å². The van der Waals surface area contributed by atoms with Crippen LogP contribution < -0.4 is 10.1 Å². The van der Waals surface area contributed by atoms with Gasteiger partial charge in [-0.1, -0.05) is 11.6 Å². The van der Waals surface area contributed by atoms with E-state index in [2.05, 4.69) is 10.2 Å². The maximum atomic E-state index is 11.7. The highest BCUT2D eigenvalue weighted by molar-refractivity contribution is 6.30. The number of hydrogen-bond acceptors (Lipinski definition) is 4. The summed E-state index contributed by atoms with van der Waals surface area (Å²) in [5, 5.41) is 3.57. The third-order valence-electron chi connectivity index (χ3n) is 3.27. The minimum Gasteiger partial charge on any atom is -0.493 e. The first kappa shape index (κ1) is 16.1. The van der Waals surface area contributed by atoms with Crippen LogP contribution >= 0.6 is 11.6 Å². The van der Waals surface area contributed by atoms with E-state index in [1.54, 1.807) is 24.3 Å². The number of nitrogens with zero attached hydrogens (tertiary/aromatic N) is 1. The molecule has 1 amide bonds. The molecule has 1 aliphatic heterocycles. The summed E-state index contributed by atoms with van der Waals surface area (Å²) in [6.07, 6.45) is 0.353. The van der Waals surface area contributed by atoms with Crippen molar-refractivity contribution in [3.63, 3.8) is 0 Å². The number of halogens is 1. The van der Waals surface area contributed by atoms with Crippen LogP contribution in [0, 0.1) is 0 Å². The molecule has 2 rings (SSSR count). The lowest BCUT2D eigenvalue weighted by Gasteiger charge is -2.26. The zero-order valence-corrected chi connectivity index (χ0v) is 12.8. The van der Waals surface area contributed by atoms with E-state index in [1.165, 1.54) is 0 Å². The number of rotatable bonds is 7. The SMILES string of the molecule is O=C(CCOc1ccc(Cl)cc1)NCCN1CCOCC1. The van der Waals surface area contributed by atoms with E-state index in [0.29, 0.717) is 24.6 Å². The predicted octanol–water partition coefficient (Wildman–Crippen LogP) is 1.56. The summed E-state index contributed by atoms with van der Waals surface area (Å²) in [5.74, 6) is 0.734. The highest BCUT2D eigenvalue weighted by atomic mass is 35.5. The monoisotopic (exact) mass is 312 g/mol. The van der Waals surface area contributed by atoms with Crippen molar-refractivity contribution >= 4 is 17.5 Å². The van der Waals surface area contributed by atoms with Gasteiger partial charge in [-0.3, -0.25) is 9.69 Å². The number of morpholine rings is 1. The Labute approximate surface area is 130 Å². The molecule has 1 saturated heterocycles. The molecule has 1 N–H and O–H groups in total. The molecule has 1 aromatic rings. The Morgan fingerprint density at radius 2 is 2.00 bits per heavy atom. The Morgan fingerprint density at radius 3 is 2.71 bits per heavy atom. The van der Waals surface area contributed by atoms with Gasteiger partial charge in [-0.2, -0.15) is 0 Å². The molecule has 0 radical (unpaired) electrons. The minimum atomic E-state index is 0.0113. The third kappa shape index (κ3) is 6.33. The number of carbonyl (C=O) groups is 1. The Kier molecular flexibility index (Phi) is 6.79. The van der Waals surface area contributed by atoms with Crippen LogP contribution in [0.2, 0.25) is 5.02 Å². The lowest BCUT2D eigenvalue weighted by molar-refractivity contribution is -0.121. The van der Waals surface area contributed by atoms with Crippen molar-refractivity contribution < 1.29 is 14.3 Å². The first-order chi connectivity index (χ1) is 10.2. The van der Waals surface area contributed by atoms with Gasteiger partial charge in [0.2, 0.25) is 5.91 Å². The van der Waals surface area contributed by atoms with Gasteiger partial charge in [0.05, 0.1) is 26.2 Å². The van der Waals surface area contributed by atoms with Gasteiger partial charge in [0.1, 0.15) is 5.75 Å². The smallest absolute Gasteiger partial charge is 0.223 e. The van der Waals surface area contributed by atoms with Crippen molar-refractivity contribution in [1.82, 2.24) is 10.2 Å². The summed E-state index contributed by atoms with van der Waals surface area (Å²) in [7, 11) is 0. The van der Waals surface area contributed by atoms with Crippen molar-refractivity contribution in [3.05, 3.63) is 29.3 Å². The molecule has 1 aromatic carbocycles. The zero-order chi connectivity index (χ0) is 14.9. The number of carbonyl (C=O) groups excluding carboxylic acids is 1. The fourth-order valence-corrected chi connectivity index (χ4v) is 2.18. The first-order valence-corrected chi connectivity index (χ1v) is 7.57. The van der Waals surface area contributed by atoms with Crippen LogP contribution in [0.5, 0.6) is 5.75 Å². The molecule has 1 aliphatic rings. The standard InChI is InChI=1S/C15H21ClN2O3/c16-13-1-3-14(4-2-13)21-10-5-15(19)17-6-7-18-8-11-20-12-9-18/h1-4H,5-12H2,(H,17,19). The number of nitrogens with one attached hydrogen (secondary N) is 1. The second kappa shape index (κ2) is 8.87. The van der Waals surface area contributed by atoms with Crippen molar-refractivity contribution in [2.75, 3.05) is 46.0 Å². The molecule has 6 heteroatoms. The van der Waals surface area contributed by atoms with Gasteiger partial charge in [0.25, 0.3) is 0 Å². The molecule has 5 nitrogen and oxygen atoms in total. The van der Waals surface area contributed by atoms with E-state index in [0.717, 1.165) is 38.6 Å². The summed E-state index contributed by atoms with van der Waals surface area (Å²) in [5.41, 5.74) is 0. The second-order valence-corrected chi connectivity index (χ2v) is 5.29. The molecule has 0 atom stereocenters. The average Bonchev–Trinajstić information content (AvgIpc) is 2.50. The number of ether oxygens (including phenoxy) is 2. The molecule has 21 heavy (non-hydrogen) atoms. The predicted molar refractivity (Wildman–Crippen MR) is 81.8 cm³/mol. The van der Waals surface area contributed by atoms with Gasteiger partial charge in [-0.15, -0.1) is 0 Å². The van der Waals surface area contributed by atoms with Gasteiger partial charge in [-0.05, 0) is 24.3 Å². The fourth-order valence-electron chi connectivity index (χ4n) is 2.06. The minimum absolute atomic E-state index is 0.0113. The highest BCUT2D eigenvalue weighted by Crippen LogP contribution is 2.15. The van der Waals surface area contributed by atoms with Crippen molar-refractivity contribution in [2.24, 2.45) is 0 Å². The van der Waals surface area contributed by atoms with Gasteiger partial charge >= 0.3 is 0 Å². The Hall–Kier alpha value is -1.30. The number of hydrogen-bond donors (Lipinski definition) is 1. The van der Waals surface area contributed by atoms with E-state index in [-0.39, 0.29) is 5.91 Å². The first-order valence-electron chi connectivity index (χ1n) is 7.19. The van der Waals surface area contributed by atoms with E-state index in [9.17, 15) is 4.79 Å². The molecule has 1 heterocycles. The summed E-state index contributed by atoms with van der Waals surface area (Å²) in [6, 6.07) is 7.11. The number of benzene rings is 1. The van der Waals surface area contributed by atoms with Gasteiger partial charge < -0.3 is 14.8 Å². The van der Waals surface area contributed by atoms with Gasteiger partial charge in [0, 0.05) is 31.2 Å². The molecule has 1 fully saturated rings. The normalized spacial score (nSPS) is 15.7. The molecular weight excluding hydrogens is 292 g/mol. The maximum absolute atomic E-state index is 11.7. The summed E-state index contributed by atoms with van der Waals surface area (Å²) in [6.45, 7) is 5.34. The van der Waals surface area contributed by atoms with Crippen LogP contribution in [0.4, 0.5) is 0 Å². The average molecular weight is 313 g/mol. The van der Waals surface area contributed by atoms with Crippen LogP contribution in [0.25, 0.3) is 0 Å². The van der Waals surface area contributed by atoms with Gasteiger partial charge in [-0.25, -0.2) is 0 Å². The second-order valence-electron chi connectivity index (χ2n) is 4.86. The van der Waals surface area contributed by atoms with E-state index in [4.69, 9.17) is 21.1 Å². The Balaban J connectivity index is 1.54. The van der Waals surface area contributed by atoms with Crippen molar-refractivity contribution in [2.45, 2.75) is 6.42 Å². The van der Waals surface area contributed by atoms with Crippen LogP contribution in [-0.2, 0) is 9.53 Å². The summed E-state index contributed by atoms with van der Waals surface area (Å²) < 4.78 is 10.8. The Bertz CT molecular complexity index is 433. The molecule has 0 aliphatic carbocycles. The van der Waals surface area contributed by atoms with Crippen LogP contribution in [-0.4, -0.2) is 56.8 Å². The Morgan fingerprint density at radius 1 is 1.29 bits per heavy atom.